The van der Waals surface area contributed by atoms with Gasteiger partial charge in [0.05, 0.1) is 24.7 Å². The van der Waals surface area contributed by atoms with Gasteiger partial charge in [0.2, 0.25) is 5.91 Å². The molecule has 0 aliphatic rings. The fourth-order valence-corrected chi connectivity index (χ4v) is 1.90. The number of phenols is 1. The number of nitrogens with one attached hydrogen (secondary N) is 1. The van der Waals surface area contributed by atoms with Crippen molar-refractivity contribution < 1.29 is 19.6 Å². The smallest absolute Gasteiger partial charge is 0.269 e. The van der Waals surface area contributed by atoms with E-state index in [-0.39, 0.29) is 23.8 Å². The number of non-ortho nitro benzene ring substituents is 1. The topological polar surface area (TPSA) is 114 Å². The van der Waals surface area contributed by atoms with Gasteiger partial charge in [0, 0.05) is 17.7 Å². The number of hydrogen-bond donors (Lipinski definition) is 2. The van der Waals surface area contributed by atoms with E-state index in [1.807, 2.05) is 0 Å². The minimum Gasteiger partial charge on any atom is -0.507 e. The van der Waals surface area contributed by atoms with Crippen LogP contribution in [0.2, 0.25) is 0 Å². The van der Waals surface area contributed by atoms with Crippen LogP contribution < -0.4 is 10.2 Å². The average molecular weight is 329 g/mol. The van der Waals surface area contributed by atoms with Crippen molar-refractivity contribution in [2.75, 3.05) is 7.11 Å². The van der Waals surface area contributed by atoms with Gasteiger partial charge in [-0.05, 0) is 23.8 Å². The van der Waals surface area contributed by atoms with E-state index in [2.05, 4.69) is 10.5 Å². The third kappa shape index (κ3) is 4.54. The first kappa shape index (κ1) is 16.9. The molecule has 2 aromatic rings. The summed E-state index contributed by atoms with van der Waals surface area (Å²) in [5.74, 6) is 0.165. The van der Waals surface area contributed by atoms with Gasteiger partial charge in [-0.15, -0.1) is 0 Å². The van der Waals surface area contributed by atoms with Gasteiger partial charge < -0.3 is 9.84 Å². The molecule has 0 atom stereocenters. The average Bonchev–Trinajstić information content (AvgIpc) is 2.57. The lowest BCUT2D eigenvalue weighted by atomic mass is 10.1. The summed E-state index contributed by atoms with van der Waals surface area (Å²) in [6.45, 7) is 0. The lowest BCUT2D eigenvalue weighted by Crippen LogP contribution is -2.19. The molecule has 24 heavy (non-hydrogen) atoms. The summed E-state index contributed by atoms with van der Waals surface area (Å²) >= 11 is 0. The van der Waals surface area contributed by atoms with Gasteiger partial charge in [-0.3, -0.25) is 14.9 Å². The third-order valence-electron chi connectivity index (χ3n) is 3.14. The van der Waals surface area contributed by atoms with Crippen molar-refractivity contribution in [2.24, 2.45) is 5.10 Å². The van der Waals surface area contributed by atoms with Crippen molar-refractivity contribution >= 4 is 17.8 Å². The predicted octanol–water partition coefficient (Wildman–Crippen LogP) is 2.00. The van der Waals surface area contributed by atoms with Crippen LogP contribution in [0.3, 0.4) is 0 Å². The van der Waals surface area contributed by atoms with E-state index in [0.717, 1.165) is 0 Å². The van der Waals surface area contributed by atoms with Crippen LogP contribution in [0.25, 0.3) is 0 Å². The van der Waals surface area contributed by atoms with Crippen LogP contribution in [0.15, 0.2) is 47.6 Å². The second-order valence-electron chi connectivity index (χ2n) is 4.82. The van der Waals surface area contributed by atoms with E-state index in [1.54, 1.807) is 12.1 Å². The highest BCUT2D eigenvalue weighted by molar-refractivity contribution is 5.86. The number of nitrogens with zero attached hydrogens (tertiary/aromatic N) is 2. The van der Waals surface area contributed by atoms with Crippen LogP contribution in [-0.2, 0) is 11.2 Å². The largest absolute Gasteiger partial charge is 0.507 e. The molecule has 0 bridgehead atoms. The Balaban J connectivity index is 1.94. The number of rotatable bonds is 6. The van der Waals surface area contributed by atoms with E-state index in [9.17, 15) is 20.0 Å². The molecule has 0 aliphatic heterocycles. The molecule has 0 spiro atoms. The molecule has 124 valence electrons. The van der Waals surface area contributed by atoms with Crippen molar-refractivity contribution in [1.82, 2.24) is 5.43 Å². The fraction of sp³-hybridized carbons (Fsp3) is 0.125. The second kappa shape index (κ2) is 7.73. The zero-order valence-electron chi connectivity index (χ0n) is 12.8. The maximum Gasteiger partial charge on any atom is 0.269 e. The first-order chi connectivity index (χ1) is 11.5. The van der Waals surface area contributed by atoms with Crippen molar-refractivity contribution in [3.8, 4) is 11.5 Å². The number of methoxy groups -OCH3 is 1. The molecule has 0 radical (unpaired) electrons. The molecule has 0 saturated heterocycles. The third-order valence-corrected chi connectivity index (χ3v) is 3.14. The summed E-state index contributed by atoms with van der Waals surface area (Å²) < 4.78 is 5.03. The van der Waals surface area contributed by atoms with Crippen LogP contribution in [0.1, 0.15) is 11.1 Å². The van der Waals surface area contributed by atoms with Crippen LogP contribution in [0.4, 0.5) is 5.69 Å². The summed E-state index contributed by atoms with van der Waals surface area (Å²) in [6, 6.07) is 10.3. The van der Waals surface area contributed by atoms with Gasteiger partial charge >= 0.3 is 0 Å². The summed E-state index contributed by atoms with van der Waals surface area (Å²) in [6.07, 6.45) is 1.32. The number of nitro groups is 1. The molecular weight excluding hydrogens is 314 g/mol. The molecule has 1 amide bonds. The summed E-state index contributed by atoms with van der Waals surface area (Å²) in [4.78, 5) is 21.8. The molecule has 0 unspecified atom stereocenters. The Kier molecular flexibility index (Phi) is 5.45. The van der Waals surface area contributed by atoms with E-state index in [4.69, 9.17) is 4.74 Å². The molecule has 2 N–H and O–H groups in total. The fourth-order valence-electron chi connectivity index (χ4n) is 1.90. The van der Waals surface area contributed by atoms with Crippen molar-refractivity contribution in [3.05, 3.63) is 63.7 Å². The maximum absolute atomic E-state index is 11.8. The molecule has 2 aromatic carbocycles. The Labute approximate surface area is 137 Å². The van der Waals surface area contributed by atoms with Crippen LogP contribution in [0, 0.1) is 10.1 Å². The summed E-state index contributed by atoms with van der Waals surface area (Å²) in [5, 5.41) is 24.0. The minimum atomic E-state index is -0.505. The van der Waals surface area contributed by atoms with Gasteiger partial charge in [-0.25, -0.2) is 5.43 Å². The van der Waals surface area contributed by atoms with Crippen molar-refractivity contribution in [3.63, 3.8) is 0 Å². The number of ether oxygens (including phenoxy) is 1. The van der Waals surface area contributed by atoms with E-state index in [1.165, 1.54) is 43.7 Å². The Morgan fingerprint density at radius 3 is 2.67 bits per heavy atom. The highest BCUT2D eigenvalue weighted by Crippen LogP contribution is 2.20. The monoisotopic (exact) mass is 329 g/mol. The molecular formula is C16H15N3O5. The van der Waals surface area contributed by atoms with Gasteiger partial charge in [0.1, 0.15) is 11.5 Å². The van der Waals surface area contributed by atoms with E-state index >= 15 is 0 Å². The van der Waals surface area contributed by atoms with Gasteiger partial charge in [0.25, 0.3) is 5.69 Å². The number of carbonyl (C=O) groups is 1. The van der Waals surface area contributed by atoms with E-state index in [0.29, 0.717) is 16.9 Å². The number of amides is 1. The lowest BCUT2D eigenvalue weighted by molar-refractivity contribution is -0.384. The lowest BCUT2D eigenvalue weighted by Gasteiger charge is -2.03. The standard InChI is InChI=1S/C16H15N3O5/c1-24-14-6-7-15(20)12(9-14)10-17-18-16(21)8-11-2-4-13(5-3-11)19(22)23/h2-7,9-10,20H,8H2,1H3,(H,18,21)/b17-10-. The van der Waals surface area contributed by atoms with Gasteiger partial charge in [-0.1, -0.05) is 12.1 Å². The Hall–Kier alpha value is -3.42. The highest BCUT2D eigenvalue weighted by atomic mass is 16.6. The number of hydrazone groups is 1. The minimum absolute atomic E-state index is 0.00386. The molecule has 0 aliphatic carbocycles. The second-order valence-corrected chi connectivity index (χ2v) is 4.82. The molecule has 0 heterocycles. The van der Waals surface area contributed by atoms with Crippen molar-refractivity contribution in [2.45, 2.75) is 6.42 Å². The molecule has 0 aromatic heterocycles. The quantitative estimate of drug-likeness (QED) is 0.478. The Bertz CT molecular complexity index is 772. The summed E-state index contributed by atoms with van der Waals surface area (Å²) in [5.41, 5.74) is 3.31. The molecule has 8 heteroatoms. The predicted molar refractivity (Wildman–Crippen MR) is 87.2 cm³/mol. The number of nitro benzene ring substituents is 1. The zero-order valence-corrected chi connectivity index (χ0v) is 12.8. The molecule has 0 saturated carbocycles. The maximum atomic E-state index is 11.8. The number of benzene rings is 2. The molecule has 0 fully saturated rings. The van der Waals surface area contributed by atoms with Crippen LogP contribution >= 0.6 is 0 Å². The van der Waals surface area contributed by atoms with Gasteiger partial charge in [0.15, 0.2) is 0 Å². The van der Waals surface area contributed by atoms with Crippen molar-refractivity contribution in [1.29, 1.82) is 0 Å². The number of hydrogen-bond acceptors (Lipinski definition) is 6. The van der Waals surface area contributed by atoms with Gasteiger partial charge in [-0.2, -0.15) is 5.10 Å². The highest BCUT2D eigenvalue weighted by Gasteiger charge is 2.07. The SMILES string of the molecule is COc1ccc(O)c(/C=N\NC(=O)Cc2ccc([N+](=O)[O-])cc2)c1. The molecule has 2 rings (SSSR count). The zero-order chi connectivity index (χ0) is 17.5. The molecule has 8 nitrogen and oxygen atoms in total. The first-order valence-electron chi connectivity index (χ1n) is 6.92. The normalized spacial score (nSPS) is 10.5. The number of phenolic OH excluding ortho intramolecular Hbond substituents is 1. The first-order valence-corrected chi connectivity index (χ1v) is 6.92. The summed E-state index contributed by atoms with van der Waals surface area (Å²) in [7, 11) is 1.50. The number of aromatic hydroxyl groups is 1. The van der Waals surface area contributed by atoms with Crippen LogP contribution in [-0.4, -0.2) is 29.3 Å². The number of carbonyl (C=O) groups excluding carboxylic acids is 1. The van der Waals surface area contributed by atoms with E-state index < -0.39 is 4.92 Å². The Morgan fingerprint density at radius 1 is 1.33 bits per heavy atom. The Morgan fingerprint density at radius 2 is 2.04 bits per heavy atom. The van der Waals surface area contributed by atoms with Crippen LogP contribution in [0.5, 0.6) is 11.5 Å².